The summed E-state index contributed by atoms with van der Waals surface area (Å²) in [4.78, 5) is 6.35. The van der Waals surface area contributed by atoms with Gasteiger partial charge in [0.1, 0.15) is 5.01 Å². The molecule has 1 aromatic rings. The van der Waals surface area contributed by atoms with Crippen LogP contribution in [-0.4, -0.2) is 16.3 Å². The Morgan fingerprint density at radius 2 is 2.22 bits per heavy atom. The first-order chi connectivity index (χ1) is 8.49. The Morgan fingerprint density at radius 1 is 1.44 bits per heavy atom. The van der Waals surface area contributed by atoms with Gasteiger partial charge in [0.2, 0.25) is 0 Å². The first-order valence-corrected chi connectivity index (χ1v) is 8.65. The molecule has 0 saturated heterocycles. The molecule has 4 heteroatoms. The SMILES string of the molecule is CCNC1CCCc2nc(CSC(C)(C)C)sc21. The van der Waals surface area contributed by atoms with E-state index in [0.29, 0.717) is 10.8 Å². The van der Waals surface area contributed by atoms with Gasteiger partial charge in [-0.15, -0.1) is 23.1 Å². The van der Waals surface area contributed by atoms with Crippen molar-refractivity contribution in [1.82, 2.24) is 10.3 Å². The zero-order valence-electron chi connectivity index (χ0n) is 11.9. The Kier molecular flexibility index (Phi) is 4.73. The van der Waals surface area contributed by atoms with Gasteiger partial charge in [0.05, 0.1) is 5.69 Å². The number of nitrogens with one attached hydrogen (secondary N) is 1. The van der Waals surface area contributed by atoms with E-state index in [1.807, 2.05) is 23.1 Å². The first-order valence-electron chi connectivity index (χ1n) is 6.85. The maximum absolute atomic E-state index is 4.84. The smallest absolute Gasteiger partial charge is 0.103 e. The van der Waals surface area contributed by atoms with Crippen LogP contribution in [0.5, 0.6) is 0 Å². The lowest BCUT2D eigenvalue weighted by Crippen LogP contribution is -2.23. The predicted molar refractivity (Wildman–Crippen MR) is 82.5 cm³/mol. The molecule has 102 valence electrons. The highest BCUT2D eigenvalue weighted by Crippen LogP contribution is 2.36. The quantitative estimate of drug-likeness (QED) is 0.898. The summed E-state index contributed by atoms with van der Waals surface area (Å²) in [6.07, 6.45) is 3.73. The van der Waals surface area contributed by atoms with E-state index < -0.39 is 0 Å². The maximum Gasteiger partial charge on any atom is 0.103 e. The molecule has 0 amide bonds. The van der Waals surface area contributed by atoms with Gasteiger partial charge in [0.25, 0.3) is 0 Å². The number of thiazole rings is 1. The fourth-order valence-corrected chi connectivity index (χ4v) is 4.30. The predicted octanol–water partition coefficient (Wildman–Crippen LogP) is 4.16. The number of hydrogen-bond donors (Lipinski definition) is 1. The van der Waals surface area contributed by atoms with Crippen molar-refractivity contribution in [1.29, 1.82) is 0 Å². The number of aromatic nitrogens is 1. The molecule has 0 aromatic carbocycles. The highest BCUT2D eigenvalue weighted by Gasteiger charge is 2.24. The van der Waals surface area contributed by atoms with Crippen LogP contribution in [0.25, 0.3) is 0 Å². The van der Waals surface area contributed by atoms with E-state index in [2.05, 4.69) is 33.0 Å². The third kappa shape index (κ3) is 3.72. The van der Waals surface area contributed by atoms with Gasteiger partial charge in [-0.3, -0.25) is 0 Å². The van der Waals surface area contributed by atoms with Crippen molar-refractivity contribution in [2.75, 3.05) is 6.54 Å². The Morgan fingerprint density at radius 3 is 2.89 bits per heavy atom. The number of thioether (sulfide) groups is 1. The third-order valence-corrected chi connectivity index (χ3v) is 5.75. The lowest BCUT2D eigenvalue weighted by molar-refractivity contribution is 0.476. The summed E-state index contributed by atoms with van der Waals surface area (Å²) in [5.74, 6) is 1.06. The molecule has 1 unspecified atom stereocenters. The summed E-state index contributed by atoms with van der Waals surface area (Å²) in [5, 5.41) is 4.90. The number of rotatable bonds is 4. The second-order valence-corrected chi connectivity index (χ2v) is 8.74. The van der Waals surface area contributed by atoms with Crippen LogP contribution in [-0.2, 0) is 12.2 Å². The van der Waals surface area contributed by atoms with Gasteiger partial charge in [-0.2, -0.15) is 0 Å². The molecule has 1 aliphatic rings. The van der Waals surface area contributed by atoms with Crippen LogP contribution >= 0.6 is 23.1 Å². The lowest BCUT2D eigenvalue weighted by Gasteiger charge is -2.21. The molecule has 1 aliphatic carbocycles. The van der Waals surface area contributed by atoms with E-state index in [9.17, 15) is 0 Å². The van der Waals surface area contributed by atoms with Gasteiger partial charge in [-0.05, 0) is 25.8 Å². The van der Waals surface area contributed by atoms with Crippen LogP contribution in [0.3, 0.4) is 0 Å². The fraction of sp³-hybridized carbons (Fsp3) is 0.786. The van der Waals surface area contributed by atoms with Crippen LogP contribution in [0.2, 0.25) is 0 Å². The number of fused-ring (bicyclic) bond motifs is 1. The normalized spacial score (nSPS) is 19.9. The van der Waals surface area contributed by atoms with Gasteiger partial charge in [0, 0.05) is 21.4 Å². The number of nitrogens with zero attached hydrogens (tertiary/aromatic N) is 1. The van der Waals surface area contributed by atoms with Crippen molar-refractivity contribution >= 4 is 23.1 Å². The molecular formula is C14H24N2S2. The van der Waals surface area contributed by atoms with Crippen molar-refractivity contribution < 1.29 is 0 Å². The molecule has 0 bridgehead atoms. The zero-order chi connectivity index (χ0) is 13.2. The minimum absolute atomic E-state index is 0.327. The highest BCUT2D eigenvalue weighted by atomic mass is 32.2. The van der Waals surface area contributed by atoms with Crippen molar-refractivity contribution in [2.45, 2.75) is 63.5 Å². The van der Waals surface area contributed by atoms with Crippen molar-refractivity contribution in [3.63, 3.8) is 0 Å². The van der Waals surface area contributed by atoms with Crippen LogP contribution in [0.15, 0.2) is 0 Å². The van der Waals surface area contributed by atoms with Crippen molar-refractivity contribution in [2.24, 2.45) is 0 Å². The number of aryl methyl sites for hydroxylation is 1. The molecule has 0 saturated carbocycles. The van der Waals surface area contributed by atoms with Crippen LogP contribution < -0.4 is 5.32 Å². The second kappa shape index (κ2) is 5.93. The topological polar surface area (TPSA) is 24.9 Å². The van der Waals surface area contributed by atoms with E-state index in [0.717, 1.165) is 12.3 Å². The average Bonchev–Trinajstić information content (AvgIpc) is 2.70. The second-order valence-electron chi connectivity index (χ2n) is 5.82. The average molecular weight is 284 g/mol. The highest BCUT2D eigenvalue weighted by molar-refractivity contribution is 7.99. The summed E-state index contributed by atoms with van der Waals surface area (Å²) < 4.78 is 0.327. The third-order valence-electron chi connectivity index (χ3n) is 3.07. The summed E-state index contributed by atoms with van der Waals surface area (Å²) in [5.41, 5.74) is 1.36. The van der Waals surface area contributed by atoms with Gasteiger partial charge in [-0.1, -0.05) is 27.7 Å². The first kappa shape index (κ1) is 14.4. The Bertz CT molecular complexity index is 393. The maximum atomic E-state index is 4.84. The van der Waals surface area contributed by atoms with Crippen LogP contribution in [0.1, 0.15) is 62.2 Å². The molecule has 0 aliphatic heterocycles. The van der Waals surface area contributed by atoms with E-state index in [-0.39, 0.29) is 0 Å². The van der Waals surface area contributed by atoms with E-state index in [1.165, 1.54) is 34.8 Å². The lowest BCUT2D eigenvalue weighted by atomic mass is 9.98. The Hall–Kier alpha value is -0.0600. The summed E-state index contributed by atoms with van der Waals surface area (Å²) in [6, 6.07) is 0.560. The Balaban J connectivity index is 2.07. The molecule has 1 heterocycles. The largest absolute Gasteiger partial charge is 0.309 e. The molecule has 1 aromatic heterocycles. The molecule has 0 fully saturated rings. The monoisotopic (exact) mass is 284 g/mol. The van der Waals surface area contributed by atoms with Crippen molar-refractivity contribution in [3.8, 4) is 0 Å². The number of hydrogen-bond acceptors (Lipinski definition) is 4. The minimum Gasteiger partial charge on any atom is -0.309 e. The standard InChI is InChI=1S/C14H24N2S2/c1-5-15-10-7-6-8-11-13(10)18-12(16-11)9-17-14(2,3)4/h10,15H,5-9H2,1-4H3. The minimum atomic E-state index is 0.327. The zero-order valence-corrected chi connectivity index (χ0v) is 13.5. The molecule has 1 atom stereocenters. The van der Waals surface area contributed by atoms with E-state index >= 15 is 0 Å². The summed E-state index contributed by atoms with van der Waals surface area (Å²) in [6.45, 7) is 10.0. The van der Waals surface area contributed by atoms with Crippen molar-refractivity contribution in [3.05, 3.63) is 15.6 Å². The van der Waals surface area contributed by atoms with Gasteiger partial charge < -0.3 is 5.32 Å². The fourth-order valence-electron chi connectivity index (χ4n) is 2.25. The van der Waals surface area contributed by atoms with Gasteiger partial charge in [0.15, 0.2) is 0 Å². The Labute approximate surface area is 119 Å². The van der Waals surface area contributed by atoms with E-state index in [4.69, 9.17) is 4.98 Å². The van der Waals surface area contributed by atoms with E-state index in [1.54, 1.807) is 0 Å². The molecular weight excluding hydrogens is 260 g/mol. The van der Waals surface area contributed by atoms with Gasteiger partial charge in [-0.25, -0.2) is 4.98 Å². The molecule has 18 heavy (non-hydrogen) atoms. The van der Waals surface area contributed by atoms with Gasteiger partial charge >= 0.3 is 0 Å². The molecule has 0 spiro atoms. The molecule has 2 nitrogen and oxygen atoms in total. The molecule has 2 rings (SSSR count). The molecule has 1 N–H and O–H groups in total. The summed E-state index contributed by atoms with van der Waals surface area (Å²) >= 11 is 3.92. The molecule has 0 radical (unpaired) electrons. The summed E-state index contributed by atoms with van der Waals surface area (Å²) in [7, 11) is 0. The van der Waals surface area contributed by atoms with Crippen LogP contribution in [0, 0.1) is 0 Å². The van der Waals surface area contributed by atoms with Crippen LogP contribution in [0.4, 0.5) is 0 Å².